The van der Waals surface area contributed by atoms with Gasteiger partial charge in [-0.1, -0.05) is 0 Å². The second kappa shape index (κ2) is 5.81. The van der Waals surface area contributed by atoms with Crippen molar-refractivity contribution in [2.75, 3.05) is 34.3 Å². The monoisotopic (exact) mass is 291 g/mol. The third-order valence-electron chi connectivity index (χ3n) is 4.85. The van der Waals surface area contributed by atoms with Crippen LogP contribution in [0, 0.1) is 11.8 Å². The number of H-pyrrole nitrogens is 1. The number of aromatic nitrogens is 1. The van der Waals surface area contributed by atoms with Gasteiger partial charge in [0.05, 0.1) is 7.11 Å². The minimum absolute atomic E-state index is 0.0478. The molecule has 0 aromatic carbocycles. The molecule has 1 aromatic heterocycles. The SMILES string of the molecule is COc1c[nH]c(CN2C[C@H](C3CC3)[C@@H](N(C)C)C2)cc1=O. The lowest BCUT2D eigenvalue weighted by Crippen LogP contribution is -2.36. The molecule has 2 heterocycles. The van der Waals surface area contributed by atoms with Crippen molar-refractivity contribution in [2.45, 2.75) is 25.4 Å². The van der Waals surface area contributed by atoms with Crippen LogP contribution in [0.3, 0.4) is 0 Å². The zero-order valence-corrected chi connectivity index (χ0v) is 13.1. The molecule has 1 N–H and O–H groups in total. The number of hydrogen-bond donors (Lipinski definition) is 1. The fourth-order valence-corrected chi connectivity index (χ4v) is 3.55. The number of nitrogens with zero attached hydrogens (tertiary/aromatic N) is 2. The predicted octanol–water partition coefficient (Wildman–Crippen LogP) is 1.16. The molecule has 0 bridgehead atoms. The van der Waals surface area contributed by atoms with Gasteiger partial charge in [-0.2, -0.15) is 0 Å². The minimum atomic E-state index is -0.0478. The highest BCUT2D eigenvalue weighted by atomic mass is 16.5. The Kier molecular flexibility index (Phi) is 4.04. The first kappa shape index (κ1) is 14.6. The second-order valence-corrected chi connectivity index (χ2v) is 6.62. The number of likely N-dealkylation sites (N-methyl/N-ethyl adjacent to an activating group) is 1. The van der Waals surface area contributed by atoms with Crippen LogP contribution in [0.1, 0.15) is 18.5 Å². The Bertz CT molecular complexity index is 541. The highest BCUT2D eigenvalue weighted by Crippen LogP contribution is 2.42. The lowest BCUT2D eigenvalue weighted by atomic mass is 9.97. The Hall–Kier alpha value is -1.33. The van der Waals surface area contributed by atoms with E-state index in [2.05, 4.69) is 28.9 Å². The molecule has 116 valence electrons. The molecule has 0 unspecified atom stereocenters. The molecule has 5 nitrogen and oxygen atoms in total. The van der Waals surface area contributed by atoms with E-state index in [-0.39, 0.29) is 5.43 Å². The van der Waals surface area contributed by atoms with Crippen LogP contribution < -0.4 is 10.2 Å². The van der Waals surface area contributed by atoms with Gasteiger partial charge < -0.3 is 14.6 Å². The number of methoxy groups -OCH3 is 1. The molecule has 1 saturated heterocycles. The summed E-state index contributed by atoms with van der Waals surface area (Å²) in [5.41, 5.74) is 0.920. The van der Waals surface area contributed by atoms with Crippen molar-refractivity contribution in [3.8, 4) is 5.75 Å². The van der Waals surface area contributed by atoms with Crippen LogP contribution in [-0.4, -0.2) is 55.1 Å². The van der Waals surface area contributed by atoms with Crippen molar-refractivity contribution < 1.29 is 4.74 Å². The van der Waals surface area contributed by atoms with Crippen LogP contribution in [-0.2, 0) is 6.54 Å². The van der Waals surface area contributed by atoms with Crippen molar-refractivity contribution >= 4 is 0 Å². The van der Waals surface area contributed by atoms with Crippen molar-refractivity contribution in [1.29, 1.82) is 0 Å². The number of pyridine rings is 1. The van der Waals surface area contributed by atoms with Crippen molar-refractivity contribution in [3.05, 3.63) is 28.2 Å². The molecule has 21 heavy (non-hydrogen) atoms. The minimum Gasteiger partial charge on any atom is -0.491 e. The summed E-state index contributed by atoms with van der Waals surface area (Å²) < 4.78 is 5.01. The molecule has 0 radical (unpaired) electrons. The van der Waals surface area contributed by atoms with E-state index < -0.39 is 0 Å². The molecule has 3 rings (SSSR count). The summed E-state index contributed by atoms with van der Waals surface area (Å²) in [7, 11) is 5.88. The maximum atomic E-state index is 11.8. The number of hydrogen-bond acceptors (Lipinski definition) is 4. The van der Waals surface area contributed by atoms with E-state index in [1.807, 2.05) is 0 Å². The zero-order valence-electron chi connectivity index (χ0n) is 13.1. The summed E-state index contributed by atoms with van der Waals surface area (Å²) in [6, 6.07) is 2.30. The summed E-state index contributed by atoms with van der Waals surface area (Å²) in [5.74, 6) is 2.07. The second-order valence-electron chi connectivity index (χ2n) is 6.62. The van der Waals surface area contributed by atoms with E-state index in [1.54, 1.807) is 12.3 Å². The van der Waals surface area contributed by atoms with E-state index in [0.29, 0.717) is 11.8 Å². The van der Waals surface area contributed by atoms with E-state index in [9.17, 15) is 4.79 Å². The van der Waals surface area contributed by atoms with Gasteiger partial charge in [-0.15, -0.1) is 0 Å². The van der Waals surface area contributed by atoms with Crippen LogP contribution in [0.5, 0.6) is 5.75 Å². The molecule has 2 fully saturated rings. The van der Waals surface area contributed by atoms with Crippen LogP contribution in [0.4, 0.5) is 0 Å². The number of aromatic amines is 1. The van der Waals surface area contributed by atoms with Crippen LogP contribution in [0.25, 0.3) is 0 Å². The summed E-state index contributed by atoms with van der Waals surface area (Å²) in [6.07, 6.45) is 4.44. The van der Waals surface area contributed by atoms with Crippen molar-refractivity contribution in [2.24, 2.45) is 11.8 Å². The van der Waals surface area contributed by atoms with Crippen molar-refractivity contribution in [1.82, 2.24) is 14.8 Å². The fourth-order valence-electron chi connectivity index (χ4n) is 3.55. The Labute approximate surface area is 125 Å². The number of ether oxygens (including phenoxy) is 1. The summed E-state index contributed by atoms with van der Waals surface area (Å²) >= 11 is 0. The molecule has 2 atom stereocenters. The average molecular weight is 291 g/mol. The topological polar surface area (TPSA) is 48.6 Å². The van der Waals surface area contributed by atoms with Gasteiger partial charge >= 0.3 is 0 Å². The standard InChI is InChI=1S/C16H25N3O2/c1-18(2)14-10-19(9-13(14)11-4-5-11)8-12-6-15(20)16(21-3)7-17-12/h6-7,11,13-14H,4-5,8-10H2,1-3H3,(H,17,20)/t13-,14+/m1/s1. The Morgan fingerprint density at radius 2 is 2.14 bits per heavy atom. The van der Waals surface area contributed by atoms with Crippen LogP contribution >= 0.6 is 0 Å². The average Bonchev–Trinajstić information content (AvgIpc) is 3.20. The molecule has 0 amide bonds. The molecule has 1 aliphatic carbocycles. The van der Waals surface area contributed by atoms with Gasteiger partial charge in [0, 0.05) is 43.6 Å². The smallest absolute Gasteiger partial charge is 0.223 e. The van der Waals surface area contributed by atoms with Crippen LogP contribution in [0.15, 0.2) is 17.1 Å². The van der Waals surface area contributed by atoms with Crippen LogP contribution in [0.2, 0.25) is 0 Å². The lowest BCUT2D eigenvalue weighted by molar-refractivity contribution is 0.233. The summed E-state index contributed by atoms with van der Waals surface area (Å²) in [4.78, 5) is 19.8. The summed E-state index contributed by atoms with van der Waals surface area (Å²) in [6.45, 7) is 3.04. The molecule has 1 aliphatic heterocycles. The maximum absolute atomic E-state index is 11.8. The normalized spacial score (nSPS) is 26.5. The molecule has 1 aromatic rings. The molecule has 1 saturated carbocycles. The first-order valence-electron chi connectivity index (χ1n) is 7.73. The lowest BCUT2D eigenvalue weighted by Gasteiger charge is -2.25. The van der Waals surface area contributed by atoms with Gasteiger partial charge in [-0.25, -0.2) is 0 Å². The Morgan fingerprint density at radius 1 is 1.38 bits per heavy atom. The van der Waals surface area contributed by atoms with Gasteiger partial charge in [-0.3, -0.25) is 9.69 Å². The third-order valence-corrected chi connectivity index (χ3v) is 4.85. The quantitative estimate of drug-likeness (QED) is 0.884. The van der Waals surface area contributed by atoms with Gasteiger partial charge in [0.25, 0.3) is 0 Å². The zero-order chi connectivity index (χ0) is 15.0. The van der Waals surface area contributed by atoms with Gasteiger partial charge in [-0.05, 0) is 38.8 Å². The van der Waals surface area contributed by atoms with Crippen molar-refractivity contribution in [3.63, 3.8) is 0 Å². The third kappa shape index (κ3) is 3.14. The van der Waals surface area contributed by atoms with E-state index >= 15 is 0 Å². The van der Waals surface area contributed by atoms with E-state index in [0.717, 1.165) is 37.2 Å². The first-order chi connectivity index (χ1) is 10.1. The van der Waals surface area contributed by atoms with E-state index in [1.165, 1.54) is 20.0 Å². The molecule has 0 spiro atoms. The predicted molar refractivity (Wildman–Crippen MR) is 82.6 cm³/mol. The molecule has 2 aliphatic rings. The molecule has 5 heteroatoms. The van der Waals surface area contributed by atoms with Gasteiger partial charge in [0.15, 0.2) is 5.75 Å². The number of rotatable bonds is 5. The maximum Gasteiger partial charge on any atom is 0.223 e. The highest BCUT2D eigenvalue weighted by Gasteiger charge is 2.43. The van der Waals surface area contributed by atoms with Gasteiger partial charge in [0.2, 0.25) is 5.43 Å². The first-order valence-corrected chi connectivity index (χ1v) is 7.73. The number of likely N-dealkylation sites (tertiary alicyclic amines) is 1. The summed E-state index contributed by atoms with van der Waals surface area (Å²) in [5, 5.41) is 0. The van der Waals surface area contributed by atoms with E-state index in [4.69, 9.17) is 4.74 Å². The Balaban J connectivity index is 1.68. The molecular weight excluding hydrogens is 266 g/mol. The van der Waals surface area contributed by atoms with Gasteiger partial charge in [0.1, 0.15) is 0 Å². The highest BCUT2D eigenvalue weighted by molar-refractivity contribution is 5.20. The molecular formula is C16H25N3O2. The number of nitrogens with one attached hydrogen (secondary N) is 1. The largest absolute Gasteiger partial charge is 0.491 e. The Morgan fingerprint density at radius 3 is 2.71 bits per heavy atom. The fraction of sp³-hybridized carbons (Fsp3) is 0.688.